The minimum absolute atomic E-state index is 0.550. The largest absolute Gasteiger partial charge is 0.431 e. The van der Waals surface area contributed by atoms with Crippen LogP contribution < -0.4 is 0 Å². The highest BCUT2D eigenvalue weighted by atomic mass is 79.9. The van der Waals surface area contributed by atoms with Gasteiger partial charge in [-0.1, -0.05) is 12.1 Å². The number of rotatable bonds is 2. The van der Waals surface area contributed by atoms with Crippen LogP contribution in [0.3, 0.4) is 0 Å². The molecule has 0 aliphatic rings. The van der Waals surface area contributed by atoms with Crippen LogP contribution >= 0.6 is 27.7 Å². The molecular weight excluding hydrogens is 302 g/mol. The molecule has 0 aliphatic carbocycles. The molecule has 0 saturated carbocycles. The normalized spacial score (nSPS) is 10.9. The van der Waals surface area contributed by atoms with Crippen LogP contribution in [0.4, 0.5) is 0 Å². The predicted octanol–water partition coefficient (Wildman–Crippen LogP) is 3.53. The predicted molar refractivity (Wildman–Crippen MR) is 67.9 cm³/mol. The van der Waals surface area contributed by atoms with Gasteiger partial charge in [-0.3, -0.25) is 0 Å². The second-order valence-corrected chi connectivity index (χ2v) is 5.07. The van der Waals surface area contributed by atoms with Gasteiger partial charge >= 0.3 is 0 Å². The molecule has 0 spiro atoms. The van der Waals surface area contributed by atoms with E-state index in [2.05, 4.69) is 30.9 Å². The first kappa shape index (κ1) is 10.7. The van der Waals surface area contributed by atoms with Crippen LogP contribution in [-0.4, -0.2) is 15.0 Å². The summed E-state index contributed by atoms with van der Waals surface area (Å²) in [5.41, 5.74) is 1.61. The zero-order valence-electron chi connectivity index (χ0n) is 8.50. The van der Waals surface area contributed by atoms with Gasteiger partial charge in [0.05, 0.1) is 4.47 Å². The standard InChI is InChI=1S/C11H6BrN3OS/c12-7-5-13-10(14-6-7)17-11-15-8-3-1-2-4-9(8)16-11/h1-6H. The van der Waals surface area contributed by atoms with E-state index in [1.54, 1.807) is 12.4 Å². The second kappa shape index (κ2) is 4.46. The number of hydrogen-bond acceptors (Lipinski definition) is 5. The molecule has 6 heteroatoms. The van der Waals surface area contributed by atoms with E-state index in [0.29, 0.717) is 10.4 Å². The summed E-state index contributed by atoms with van der Waals surface area (Å²) in [6.07, 6.45) is 3.38. The summed E-state index contributed by atoms with van der Waals surface area (Å²) >= 11 is 4.59. The van der Waals surface area contributed by atoms with E-state index < -0.39 is 0 Å². The van der Waals surface area contributed by atoms with Crippen molar-refractivity contribution in [3.05, 3.63) is 41.1 Å². The van der Waals surface area contributed by atoms with Crippen LogP contribution in [0, 0.1) is 0 Å². The molecule has 4 nitrogen and oxygen atoms in total. The van der Waals surface area contributed by atoms with Crippen molar-refractivity contribution in [2.45, 2.75) is 10.4 Å². The van der Waals surface area contributed by atoms with Crippen molar-refractivity contribution < 1.29 is 4.42 Å². The maximum atomic E-state index is 5.56. The van der Waals surface area contributed by atoms with Crippen molar-refractivity contribution in [2.24, 2.45) is 0 Å². The minimum atomic E-state index is 0.550. The highest BCUT2D eigenvalue weighted by Crippen LogP contribution is 2.27. The number of benzene rings is 1. The number of fused-ring (bicyclic) bond motifs is 1. The summed E-state index contributed by atoms with van der Waals surface area (Å²) in [5.74, 6) is 0. The third-order valence-electron chi connectivity index (χ3n) is 2.05. The van der Waals surface area contributed by atoms with Crippen LogP contribution in [-0.2, 0) is 0 Å². The van der Waals surface area contributed by atoms with Gasteiger partial charge in [0.25, 0.3) is 5.22 Å². The molecule has 0 radical (unpaired) electrons. The molecule has 0 amide bonds. The van der Waals surface area contributed by atoms with Gasteiger partial charge in [-0.15, -0.1) is 0 Å². The fourth-order valence-electron chi connectivity index (χ4n) is 1.33. The van der Waals surface area contributed by atoms with E-state index in [9.17, 15) is 0 Å². The van der Waals surface area contributed by atoms with Crippen molar-refractivity contribution in [3.8, 4) is 0 Å². The summed E-state index contributed by atoms with van der Waals surface area (Å²) in [6.45, 7) is 0. The quantitative estimate of drug-likeness (QED) is 0.678. The Balaban J connectivity index is 1.92. The maximum Gasteiger partial charge on any atom is 0.264 e. The molecular formula is C11H6BrN3OS. The van der Waals surface area contributed by atoms with Crippen molar-refractivity contribution in [2.75, 3.05) is 0 Å². The summed E-state index contributed by atoms with van der Waals surface area (Å²) in [5, 5.41) is 1.16. The van der Waals surface area contributed by atoms with Crippen molar-refractivity contribution in [1.82, 2.24) is 15.0 Å². The zero-order chi connectivity index (χ0) is 11.7. The lowest BCUT2D eigenvalue weighted by molar-refractivity contribution is 0.488. The molecule has 3 rings (SSSR count). The van der Waals surface area contributed by atoms with E-state index in [1.807, 2.05) is 24.3 Å². The molecule has 84 valence electrons. The molecule has 2 aromatic heterocycles. The fourth-order valence-corrected chi connectivity index (χ4v) is 2.17. The number of halogens is 1. The number of aromatic nitrogens is 3. The lowest BCUT2D eigenvalue weighted by Gasteiger charge is -1.93. The van der Waals surface area contributed by atoms with Crippen LogP contribution in [0.5, 0.6) is 0 Å². The Hall–Kier alpha value is -1.40. The van der Waals surface area contributed by atoms with E-state index in [0.717, 1.165) is 15.6 Å². The summed E-state index contributed by atoms with van der Waals surface area (Å²) < 4.78 is 6.41. The zero-order valence-corrected chi connectivity index (χ0v) is 10.9. The fraction of sp³-hybridized carbons (Fsp3) is 0. The average molecular weight is 308 g/mol. The highest BCUT2D eigenvalue weighted by molar-refractivity contribution is 9.10. The van der Waals surface area contributed by atoms with E-state index in [4.69, 9.17) is 4.42 Å². The number of hydrogen-bond donors (Lipinski definition) is 0. The molecule has 1 aromatic carbocycles. The Kier molecular flexibility index (Phi) is 2.82. The first-order valence-corrected chi connectivity index (χ1v) is 6.43. The van der Waals surface area contributed by atoms with Gasteiger partial charge in [0.1, 0.15) is 5.52 Å². The third kappa shape index (κ3) is 2.32. The Morgan fingerprint density at radius 1 is 1.12 bits per heavy atom. The Bertz CT molecular complexity index is 620. The van der Waals surface area contributed by atoms with Gasteiger partial charge in [-0.25, -0.2) is 15.0 Å². The topological polar surface area (TPSA) is 51.8 Å². The molecule has 17 heavy (non-hydrogen) atoms. The molecule has 0 saturated heterocycles. The first-order valence-electron chi connectivity index (χ1n) is 4.82. The Morgan fingerprint density at radius 3 is 2.65 bits per heavy atom. The smallest absolute Gasteiger partial charge is 0.264 e. The number of nitrogens with zero attached hydrogens (tertiary/aromatic N) is 3. The lowest BCUT2D eigenvalue weighted by atomic mass is 10.3. The Labute approximate surface area is 110 Å². The lowest BCUT2D eigenvalue weighted by Crippen LogP contribution is -1.84. The van der Waals surface area contributed by atoms with Crippen molar-refractivity contribution in [3.63, 3.8) is 0 Å². The molecule has 0 fully saturated rings. The summed E-state index contributed by atoms with van der Waals surface area (Å²) in [4.78, 5) is 12.6. The highest BCUT2D eigenvalue weighted by Gasteiger charge is 2.08. The van der Waals surface area contributed by atoms with E-state index >= 15 is 0 Å². The molecule has 0 aliphatic heterocycles. The molecule has 2 heterocycles. The van der Waals surface area contributed by atoms with E-state index in [-0.39, 0.29) is 0 Å². The molecule has 0 bridgehead atoms. The van der Waals surface area contributed by atoms with Crippen molar-refractivity contribution in [1.29, 1.82) is 0 Å². The van der Waals surface area contributed by atoms with Crippen LogP contribution in [0.1, 0.15) is 0 Å². The Morgan fingerprint density at radius 2 is 1.88 bits per heavy atom. The SMILES string of the molecule is Brc1cnc(Sc2nc3ccccc3o2)nc1. The van der Waals surface area contributed by atoms with Crippen LogP contribution in [0.15, 0.2) is 55.9 Å². The first-order chi connectivity index (χ1) is 8.31. The van der Waals surface area contributed by atoms with E-state index in [1.165, 1.54) is 11.8 Å². The van der Waals surface area contributed by atoms with Crippen LogP contribution in [0.2, 0.25) is 0 Å². The van der Waals surface area contributed by atoms with Gasteiger partial charge in [-0.2, -0.15) is 0 Å². The van der Waals surface area contributed by atoms with Crippen LogP contribution in [0.25, 0.3) is 11.1 Å². The van der Waals surface area contributed by atoms with Crippen molar-refractivity contribution >= 4 is 38.8 Å². The van der Waals surface area contributed by atoms with Gasteiger partial charge in [0.15, 0.2) is 10.7 Å². The third-order valence-corrected chi connectivity index (χ3v) is 3.20. The minimum Gasteiger partial charge on any atom is -0.431 e. The second-order valence-electron chi connectivity index (χ2n) is 3.23. The average Bonchev–Trinajstić information content (AvgIpc) is 2.74. The monoisotopic (exact) mass is 307 g/mol. The summed E-state index contributed by atoms with van der Waals surface area (Å²) in [6, 6.07) is 7.63. The molecule has 0 unspecified atom stereocenters. The molecule has 3 aromatic rings. The molecule has 0 N–H and O–H groups in total. The van der Waals surface area contributed by atoms with Gasteiger partial charge < -0.3 is 4.42 Å². The van der Waals surface area contributed by atoms with Gasteiger partial charge in [0, 0.05) is 24.2 Å². The summed E-state index contributed by atoms with van der Waals surface area (Å²) in [7, 11) is 0. The molecule has 0 atom stereocenters. The maximum absolute atomic E-state index is 5.56. The number of para-hydroxylation sites is 2. The number of oxazole rings is 1. The van der Waals surface area contributed by atoms with Gasteiger partial charge in [-0.05, 0) is 28.1 Å². The van der Waals surface area contributed by atoms with Gasteiger partial charge in [0.2, 0.25) is 0 Å².